The maximum atomic E-state index is 12.6. The third-order valence-corrected chi connectivity index (χ3v) is 4.46. The molecule has 0 heterocycles. The summed E-state index contributed by atoms with van der Waals surface area (Å²) < 4.78 is 11.4. The number of ketones is 1. The lowest BCUT2D eigenvalue weighted by atomic mass is 9.93. The summed E-state index contributed by atoms with van der Waals surface area (Å²) in [5.74, 6) is -0.210. The number of aryl methyl sites for hydroxylation is 1. The van der Waals surface area contributed by atoms with Crippen LogP contribution in [0.2, 0.25) is 0 Å². The molecule has 0 aromatic heterocycles. The summed E-state index contributed by atoms with van der Waals surface area (Å²) >= 11 is 0. The van der Waals surface area contributed by atoms with E-state index in [9.17, 15) is 14.3 Å². The van der Waals surface area contributed by atoms with Crippen LogP contribution in [-0.2, 0) is 4.57 Å². The molecule has 102 valence electrons. The monoisotopic (exact) mass is 287 g/mol. The van der Waals surface area contributed by atoms with E-state index in [4.69, 9.17) is 0 Å². The van der Waals surface area contributed by atoms with Crippen LogP contribution < -0.4 is 5.30 Å². The second-order valence-corrected chi connectivity index (χ2v) is 5.83. The summed E-state index contributed by atoms with van der Waals surface area (Å²) in [4.78, 5) is 21.9. The van der Waals surface area contributed by atoms with Crippen molar-refractivity contribution < 1.29 is 14.3 Å². The minimum atomic E-state index is -2.53. The number of carbonyl (C=O) groups is 1. The molecule has 2 aromatic carbocycles. The molecule has 1 unspecified atom stereocenters. The zero-order chi connectivity index (χ0) is 14.9. The van der Waals surface area contributed by atoms with Gasteiger partial charge >= 0.3 is 8.03 Å². The SMILES string of the molecule is Cc1ccc(C(=O)c2ccccc2[P+](=O)O)c(C)c1C. The second kappa shape index (κ2) is 5.66. The third kappa shape index (κ3) is 2.55. The van der Waals surface area contributed by atoms with Gasteiger partial charge < -0.3 is 0 Å². The number of hydrogen-bond donors (Lipinski definition) is 1. The maximum Gasteiger partial charge on any atom is 0.546 e. The molecule has 0 spiro atoms. The van der Waals surface area contributed by atoms with E-state index in [1.54, 1.807) is 24.3 Å². The zero-order valence-electron chi connectivity index (χ0n) is 11.7. The molecule has 2 aromatic rings. The van der Waals surface area contributed by atoms with E-state index in [0.717, 1.165) is 16.7 Å². The van der Waals surface area contributed by atoms with Crippen molar-refractivity contribution in [3.05, 3.63) is 64.2 Å². The lowest BCUT2D eigenvalue weighted by Crippen LogP contribution is -2.14. The Morgan fingerprint density at radius 1 is 0.950 bits per heavy atom. The van der Waals surface area contributed by atoms with Crippen molar-refractivity contribution >= 4 is 19.1 Å². The summed E-state index contributed by atoms with van der Waals surface area (Å²) in [5.41, 5.74) is 3.99. The summed E-state index contributed by atoms with van der Waals surface area (Å²) in [7, 11) is -2.53. The highest BCUT2D eigenvalue weighted by Crippen LogP contribution is 2.23. The normalized spacial score (nSPS) is 11.3. The molecule has 0 aliphatic heterocycles. The molecule has 20 heavy (non-hydrogen) atoms. The quantitative estimate of drug-likeness (QED) is 0.696. The first-order valence-electron chi connectivity index (χ1n) is 6.30. The lowest BCUT2D eigenvalue weighted by molar-refractivity contribution is 0.103. The highest BCUT2D eigenvalue weighted by Gasteiger charge is 2.26. The van der Waals surface area contributed by atoms with Crippen molar-refractivity contribution in [2.45, 2.75) is 20.8 Å². The standard InChI is InChI=1S/C16H15O3P/c1-10-8-9-13(12(3)11(10)2)16(17)14-6-4-5-7-15(14)20(18)19/h4-9H,1-3H3/p+1. The third-order valence-electron chi connectivity index (χ3n) is 3.66. The number of carbonyl (C=O) groups excluding carboxylic acids is 1. The molecule has 3 nitrogen and oxygen atoms in total. The fourth-order valence-corrected chi connectivity index (χ4v) is 2.78. The Balaban J connectivity index is 2.58. The Morgan fingerprint density at radius 3 is 2.25 bits per heavy atom. The Kier molecular flexibility index (Phi) is 4.12. The Morgan fingerprint density at radius 2 is 1.60 bits per heavy atom. The van der Waals surface area contributed by atoms with Crippen molar-refractivity contribution in [3.8, 4) is 0 Å². The molecule has 0 bridgehead atoms. The molecule has 0 radical (unpaired) electrons. The van der Waals surface area contributed by atoms with Gasteiger partial charge in [0.1, 0.15) is 0 Å². The van der Waals surface area contributed by atoms with Crippen molar-refractivity contribution in [2.75, 3.05) is 0 Å². The van der Waals surface area contributed by atoms with Crippen LogP contribution in [0.15, 0.2) is 36.4 Å². The van der Waals surface area contributed by atoms with E-state index in [1.807, 2.05) is 26.8 Å². The van der Waals surface area contributed by atoms with Crippen LogP contribution in [0, 0.1) is 20.8 Å². The van der Waals surface area contributed by atoms with Gasteiger partial charge in [-0.25, -0.2) is 0 Å². The van der Waals surface area contributed by atoms with Crippen molar-refractivity contribution in [1.29, 1.82) is 0 Å². The van der Waals surface area contributed by atoms with Crippen LogP contribution >= 0.6 is 8.03 Å². The van der Waals surface area contributed by atoms with Gasteiger partial charge in [-0.2, -0.15) is 4.89 Å². The van der Waals surface area contributed by atoms with Crippen LogP contribution in [0.4, 0.5) is 0 Å². The lowest BCUT2D eigenvalue weighted by Gasteiger charge is -2.10. The Hall–Kier alpha value is -1.83. The minimum Gasteiger partial charge on any atom is -0.288 e. The molecule has 0 aliphatic carbocycles. The first-order chi connectivity index (χ1) is 9.43. The predicted molar refractivity (Wildman–Crippen MR) is 80.0 cm³/mol. The van der Waals surface area contributed by atoms with E-state index in [2.05, 4.69) is 0 Å². The fraction of sp³-hybridized carbons (Fsp3) is 0.188. The molecule has 2 rings (SSSR count). The van der Waals surface area contributed by atoms with Crippen LogP contribution in [0.5, 0.6) is 0 Å². The van der Waals surface area contributed by atoms with Crippen LogP contribution in [0.25, 0.3) is 0 Å². The molecule has 0 saturated carbocycles. The molecule has 0 saturated heterocycles. The highest BCUT2D eigenvalue weighted by molar-refractivity contribution is 7.47. The molecular weight excluding hydrogens is 271 g/mol. The van der Waals surface area contributed by atoms with Crippen molar-refractivity contribution in [1.82, 2.24) is 0 Å². The minimum absolute atomic E-state index is 0.185. The number of benzene rings is 2. The molecule has 0 fully saturated rings. The van der Waals surface area contributed by atoms with E-state index < -0.39 is 8.03 Å². The van der Waals surface area contributed by atoms with Crippen molar-refractivity contribution in [3.63, 3.8) is 0 Å². The predicted octanol–water partition coefficient (Wildman–Crippen LogP) is 3.20. The van der Waals surface area contributed by atoms with Gasteiger partial charge in [-0.15, -0.1) is 0 Å². The Bertz CT molecular complexity index is 705. The summed E-state index contributed by atoms with van der Waals surface area (Å²) in [5, 5.41) is 0.185. The Labute approximate surface area is 119 Å². The maximum absolute atomic E-state index is 12.6. The van der Waals surface area contributed by atoms with E-state index >= 15 is 0 Å². The average molecular weight is 287 g/mol. The average Bonchev–Trinajstić information content (AvgIpc) is 2.44. The molecule has 0 aliphatic rings. The van der Waals surface area contributed by atoms with Gasteiger partial charge in [0.05, 0.1) is 5.56 Å². The van der Waals surface area contributed by atoms with Gasteiger partial charge in [0.15, 0.2) is 5.78 Å². The molecule has 4 heteroatoms. The zero-order valence-corrected chi connectivity index (χ0v) is 12.6. The van der Waals surface area contributed by atoms with Gasteiger partial charge in [0, 0.05) is 5.56 Å². The van der Waals surface area contributed by atoms with Crippen LogP contribution in [0.1, 0.15) is 32.6 Å². The first-order valence-corrected chi connectivity index (χ1v) is 7.51. The van der Waals surface area contributed by atoms with Gasteiger partial charge in [0.2, 0.25) is 5.30 Å². The van der Waals surface area contributed by atoms with Crippen LogP contribution in [0.3, 0.4) is 0 Å². The highest BCUT2D eigenvalue weighted by atomic mass is 31.1. The van der Waals surface area contributed by atoms with Gasteiger partial charge in [-0.3, -0.25) is 4.79 Å². The fourth-order valence-electron chi connectivity index (χ4n) is 2.18. The van der Waals surface area contributed by atoms with Gasteiger partial charge in [0.25, 0.3) is 0 Å². The van der Waals surface area contributed by atoms with E-state index in [1.165, 1.54) is 6.07 Å². The van der Waals surface area contributed by atoms with Crippen LogP contribution in [-0.4, -0.2) is 10.7 Å². The van der Waals surface area contributed by atoms with Gasteiger partial charge in [-0.05, 0) is 54.2 Å². The van der Waals surface area contributed by atoms with Gasteiger partial charge in [-0.1, -0.05) is 24.3 Å². The van der Waals surface area contributed by atoms with E-state index in [-0.39, 0.29) is 11.1 Å². The second-order valence-electron chi connectivity index (χ2n) is 4.80. The van der Waals surface area contributed by atoms with E-state index in [0.29, 0.717) is 11.1 Å². The largest absolute Gasteiger partial charge is 0.546 e. The number of hydrogen-bond acceptors (Lipinski definition) is 2. The first kappa shape index (κ1) is 14.6. The summed E-state index contributed by atoms with van der Waals surface area (Å²) in [6.45, 7) is 5.87. The smallest absolute Gasteiger partial charge is 0.288 e. The molecular formula is C16H16O3P+. The summed E-state index contributed by atoms with van der Waals surface area (Å²) in [6, 6.07) is 10.1. The van der Waals surface area contributed by atoms with Crippen molar-refractivity contribution in [2.24, 2.45) is 0 Å². The molecule has 1 N–H and O–H groups in total. The number of rotatable bonds is 3. The molecule has 0 amide bonds. The summed E-state index contributed by atoms with van der Waals surface area (Å²) in [6.07, 6.45) is 0. The molecule has 1 atom stereocenters. The topological polar surface area (TPSA) is 54.4 Å².